The molecule has 0 spiro atoms. The van der Waals surface area contributed by atoms with Crippen molar-refractivity contribution >= 4 is 23.3 Å². The highest BCUT2D eigenvalue weighted by molar-refractivity contribution is 6.17. The Labute approximate surface area is 110 Å². The van der Waals surface area contributed by atoms with Crippen LogP contribution in [0.25, 0.3) is 0 Å². The monoisotopic (exact) mass is 261 g/mol. The molecule has 2 atom stereocenters. The quantitative estimate of drug-likeness (QED) is 0.754. The van der Waals surface area contributed by atoms with E-state index in [1.54, 1.807) is 36.2 Å². The van der Waals surface area contributed by atoms with Crippen LogP contribution in [0.1, 0.15) is 0 Å². The third-order valence-corrected chi connectivity index (χ3v) is 3.71. The number of nitrogens with zero attached hydrogens (tertiary/aromatic N) is 2. The molecule has 0 bridgehead atoms. The Morgan fingerprint density at radius 3 is 2.84 bits per heavy atom. The molecule has 1 aromatic carbocycles. The van der Waals surface area contributed by atoms with Crippen LogP contribution in [0.3, 0.4) is 0 Å². The number of carbonyl (C=O) groups excluding carboxylic acids is 2. The number of rotatable bonds is 1. The molecule has 100 valence electrons. The van der Waals surface area contributed by atoms with Crippen LogP contribution in [0.2, 0.25) is 0 Å². The number of likely N-dealkylation sites (N-methyl/N-ethyl adjacent to an activating group) is 1. The van der Waals surface area contributed by atoms with Gasteiger partial charge < -0.3 is 15.4 Å². The molecule has 19 heavy (non-hydrogen) atoms. The summed E-state index contributed by atoms with van der Waals surface area (Å²) in [6.45, 7) is 0.781. The highest BCUT2D eigenvalue weighted by Crippen LogP contribution is 2.31. The zero-order valence-corrected chi connectivity index (χ0v) is 10.6. The lowest BCUT2D eigenvalue weighted by Crippen LogP contribution is -2.60. The van der Waals surface area contributed by atoms with Gasteiger partial charge in [0.05, 0.1) is 30.9 Å². The molecule has 2 saturated heterocycles. The molecule has 3 amide bonds. The van der Waals surface area contributed by atoms with E-state index >= 15 is 0 Å². The summed E-state index contributed by atoms with van der Waals surface area (Å²) in [7, 11) is 1.69. The Bertz CT molecular complexity index is 546. The van der Waals surface area contributed by atoms with Gasteiger partial charge in [0.2, 0.25) is 5.91 Å². The molecule has 3 rings (SSSR count). The van der Waals surface area contributed by atoms with Gasteiger partial charge in [0.25, 0.3) is 0 Å². The second kappa shape index (κ2) is 4.24. The number of hydrogen-bond acceptors (Lipinski definition) is 4. The predicted octanol–water partition coefficient (Wildman–Crippen LogP) is 0.682. The third kappa shape index (κ3) is 1.76. The number of hydrogen-bond donors (Lipinski definition) is 1. The molecular weight excluding hydrogens is 246 g/mol. The molecule has 2 fully saturated rings. The fourth-order valence-corrected chi connectivity index (χ4v) is 2.62. The Morgan fingerprint density at radius 1 is 1.32 bits per heavy atom. The van der Waals surface area contributed by atoms with E-state index in [4.69, 9.17) is 10.5 Å². The van der Waals surface area contributed by atoms with Crippen molar-refractivity contribution in [3.05, 3.63) is 24.3 Å². The van der Waals surface area contributed by atoms with Gasteiger partial charge in [-0.1, -0.05) is 6.07 Å². The molecule has 0 radical (unpaired) electrons. The minimum atomic E-state index is -0.331. The molecule has 0 aliphatic carbocycles. The minimum absolute atomic E-state index is 0.155. The number of benzene rings is 1. The predicted molar refractivity (Wildman–Crippen MR) is 69.6 cm³/mol. The van der Waals surface area contributed by atoms with Crippen molar-refractivity contribution in [3.63, 3.8) is 0 Å². The van der Waals surface area contributed by atoms with Crippen LogP contribution in [-0.2, 0) is 9.53 Å². The summed E-state index contributed by atoms with van der Waals surface area (Å²) in [4.78, 5) is 27.5. The smallest absolute Gasteiger partial charge is 0.331 e. The molecular formula is C13H15N3O3. The highest BCUT2D eigenvalue weighted by Gasteiger charge is 2.48. The van der Waals surface area contributed by atoms with E-state index in [1.807, 2.05) is 0 Å². The summed E-state index contributed by atoms with van der Waals surface area (Å²) in [5, 5.41) is 0. The van der Waals surface area contributed by atoms with E-state index in [0.717, 1.165) is 0 Å². The molecule has 6 nitrogen and oxygen atoms in total. The van der Waals surface area contributed by atoms with Gasteiger partial charge in [0.15, 0.2) is 0 Å². The lowest BCUT2D eigenvalue weighted by molar-refractivity contribution is -0.124. The number of nitrogens with two attached hydrogens (primary N) is 1. The summed E-state index contributed by atoms with van der Waals surface area (Å²) in [5.41, 5.74) is 6.74. The van der Waals surface area contributed by atoms with Crippen LogP contribution in [0, 0.1) is 5.92 Å². The normalized spacial score (nSPS) is 26.8. The summed E-state index contributed by atoms with van der Waals surface area (Å²) in [5.74, 6) is -0.500. The van der Waals surface area contributed by atoms with Gasteiger partial charge >= 0.3 is 6.03 Å². The number of anilines is 2. The summed E-state index contributed by atoms with van der Waals surface area (Å²) < 4.78 is 5.32. The van der Waals surface area contributed by atoms with Gasteiger partial charge in [-0.2, -0.15) is 0 Å². The first-order valence-corrected chi connectivity index (χ1v) is 6.13. The summed E-state index contributed by atoms with van der Waals surface area (Å²) in [6, 6.07) is 6.28. The van der Waals surface area contributed by atoms with E-state index in [-0.39, 0.29) is 23.9 Å². The van der Waals surface area contributed by atoms with Crippen molar-refractivity contribution in [2.45, 2.75) is 6.04 Å². The van der Waals surface area contributed by atoms with Gasteiger partial charge in [0.1, 0.15) is 0 Å². The average Bonchev–Trinajstić information content (AvgIpc) is 2.86. The molecule has 2 aliphatic rings. The van der Waals surface area contributed by atoms with Crippen molar-refractivity contribution in [1.82, 2.24) is 4.90 Å². The number of fused-ring (bicyclic) bond motifs is 1. The molecule has 2 unspecified atom stereocenters. The van der Waals surface area contributed by atoms with Crippen molar-refractivity contribution in [2.75, 3.05) is 30.9 Å². The largest absolute Gasteiger partial charge is 0.399 e. The maximum absolute atomic E-state index is 12.4. The van der Waals surface area contributed by atoms with Crippen LogP contribution in [0.4, 0.5) is 16.2 Å². The molecule has 2 N–H and O–H groups in total. The Balaban J connectivity index is 2.00. The second-order valence-electron chi connectivity index (χ2n) is 4.87. The Kier molecular flexibility index (Phi) is 2.67. The molecule has 2 heterocycles. The van der Waals surface area contributed by atoms with Crippen molar-refractivity contribution in [2.24, 2.45) is 5.92 Å². The van der Waals surface area contributed by atoms with Crippen LogP contribution in [0.5, 0.6) is 0 Å². The van der Waals surface area contributed by atoms with Crippen LogP contribution in [0.15, 0.2) is 24.3 Å². The SMILES string of the molecule is CN1C(=O)N(c2cccc(N)c2)C(=O)C2COCC21. The van der Waals surface area contributed by atoms with Crippen molar-refractivity contribution in [1.29, 1.82) is 0 Å². The van der Waals surface area contributed by atoms with Gasteiger partial charge in [-0.3, -0.25) is 4.79 Å². The number of urea groups is 1. The van der Waals surface area contributed by atoms with E-state index < -0.39 is 0 Å². The lowest BCUT2D eigenvalue weighted by Gasteiger charge is -2.38. The van der Waals surface area contributed by atoms with E-state index in [0.29, 0.717) is 24.6 Å². The molecule has 0 saturated carbocycles. The molecule has 1 aromatic rings. The van der Waals surface area contributed by atoms with E-state index in [1.165, 1.54) is 4.90 Å². The van der Waals surface area contributed by atoms with Crippen molar-refractivity contribution in [3.8, 4) is 0 Å². The lowest BCUT2D eigenvalue weighted by atomic mass is 9.98. The number of ether oxygens (including phenoxy) is 1. The number of amides is 3. The van der Waals surface area contributed by atoms with Crippen LogP contribution < -0.4 is 10.6 Å². The topological polar surface area (TPSA) is 75.9 Å². The average molecular weight is 261 g/mol. The van der Waals surface area contributed by atoms with Gasteiger partial charge in [-0.15, -0.1) is 0 Å². The van der Waals surface area contributed by atoms with Gasteiger partial charge in [-0.25, -0.2) is 9.69 Å². The van der Waals surface area contributed by atoms with Crippen LogP contribution in [-0.4, -0.2) is 43.1 Å². The first-order chi connectivity index (χ1) is 9.09. The fraction of sp³-hybridized carbons (Fsp3) is 0.385. The fourth-order valence-electron chi connectivity index (χ4n) is 2.62. The zero-order chi connectivity index (χ0) is 13.6. The van der Waals surface area contributed by atoms with Gasteiger partial charge in [-0.05, 0) is 18.2 Å². The van der Waals surface area contributed by atoms with Crippen LogP contribution >= 0.6 is 0 Å². The van der Waals surface area contributed by atoms with E-state index in [9.17, 15) is 9.59 Å². The standard InChI is InChI=1S/C13H15N3O3/c1-15-11-7-19-6-10(11)12(17)16(13(15)18)9-4-2-3-8(14)5-9/h2-5,10-11H,6-7,14H2,1H3. The van der Waals surface area contributed by atoms with Crippen molar-refractivity contribution < 1.29 is 14.3 Å². The number of nitrogen functional groups attached to an aromatic ring is 1. The highest BCUT2D eigenvalue weighted by atomic mass is 16.5. The Hall–Kier alpha value is -2.08. The minimum Gasteiger partial charge on any atom is -0.399 e. The number of carbonyl (C=O) groups is 2. The molecule has 2 aliphatic heterocycles. The second-order valence-corrected chi connectivity index (χ2v) is 4.87. The maximum Gasteiger partial charge on any atom is 0.331 e. The molecule has 6 heteroatoms. The zero-order valence-electron chi connectivity index (χ0n) is 10.6. The number of imide groups is 1. The summed E-state index contributed by atoms with van der Waals surface area (Å²) >= 11 is 0. The third-order valence-electron chi connectivity index (χ3n) is 3.71. The van der Waals surface area contributed by atoms with E-state index in [2.05, 4.69) is 0 Å². The first kappa shape index (κ1) is 12.0. The summed E-state index contributed by atoms with van der Waals surface area (Å²) in [6.07, 6.45) is 0. The first-order valence-electron chi connectivity index (χ1n) is 6.13. The van der Waals surface area contributed by atoms with Gasteiger partial charge in [0, 0.05) is 12.7 Å². The molecule has 0 aromatic heterocycles. The Morgan fingerprint density at radius 2 is 2.11 bits per heavy atom. The maximum atomic E-state index is 12.4.